The molecule has 0 saturated heterocycles. The van der Waals surface area contributed by atoms with Crippen LogP contribution in [0, 0.1) is 5.41 Å². The van der Waals surface area contributed by atoms with E-state index in [1.807, 2.05) is 26.8 Å². The van der Waals surface area contributed by atoms with Gasteiger partial charge in [0.05, 0.1) is 25.3 Å². The SMILES string of the molecule is COc1ccc(CNc2nccc3cc(NC(=O)c4cc(OS(=O)(=O)C(F)(F)F)ccc4-c4ccc(C(=O)NCC(C)(C)C)cc4C(=O)OC(C)(C)C)ccc23)c(OC)c1. The van der Waals surface area contributed by atoms with E-state index in [1.165, 1.54) is 18.2 Å². The second-order valence-electron chi connectivity index (χ2n) is 15.8. The number of aromatic nitrogens is 1. The number of nitrogens with one attached hydrogen (secondary N) is 3. The first-order valence-corrected chi connectivity index (χ1v) is 19.8. The van der Waals surface area contributed by atoms with E-state index in [2.05, 4.69) is 25.1 Å². The maximum atomic E-state index is 14.2. The number of carbonyl (C=O) groups excluding carboxylic acids is 3. The Balaban J connectivity index is 1.55. The molecule has 0 fully saturated rings. The molecule has 0 unspecified atom stereocenters. The fraction of sp³-hybridized carbons (Fsp3) is 0.302. The predicted molar refractivity (Wildman–Crippen MR) is 221 cm³/mol. The van der Waals surface area contributed by atoms with E-state index in [1.54, 1.807) is 77.6 Å². The van der Waals surface area contributed by atoms with Crippen molar-refractivity contribution < 1.29 is 54.4 Å². The van der Waals surface area contributed by atoms with Crippen LogP contribution >= 0.6 is 0 Å². The number of esters is 1. The molecule has 3 N–H and O–H groups in total. The molecule has 5 aromatic rings. The first-order valence-electron chi connectivity index (χ1n) is 18.4. The van der Waals surface area contributed by atoms with Crippen LogP contribution in [0.4, 0.5) is 24.7 Å². The lowest BCUT2D eigenvalue weighted by atomic mass is 9.92. The third-order valence-electron chi connectivity index (χ3n) is 8.66. The summed E-state index contributed by atoms with van der Waals surface area (Å²) in [5.74, 6) is -1.34. The molecule has 0 aliphatic rings. The van der Waals surface area contributed by atoms with Crippen LogP contribution in [0.5, 0.6) is 17.2 Å². The Labute approximate surface area is 345 Å². The van der Waals surface area contributed by atoms with Gasteiger partial charge in [0.15, 0.2) is 0 Å². The van der Waals surface area contributed by atoms with Crippen LogP contribution in [0.3, 0.4) is 0 Å². The number of halogens is 3. The highest BCUT2D eigenvalue weighted by Gasteiger charge is 2.48. The highest BCUT2D eigenvalue weighted by Crippen LogP contribution is 2.35. The van der Waals surface area contributed by atoms with Gasteiger partial charge in [-0.05, 0) is 109 Å². The van der Waals surface area contributed by atoms with Gasteiger partial charge in [-0.2, -0.15) is 21.6 Å². The number of hydrogen-bond donors (Lipinski definition) is 3. The van der Waals surface area contributed by atoms with Gasteiger partial charge >= 0.3 is 21.6 Å². The molecule has 0 spiro atoms. The van der Waals surface area contributed by atoms with Crippen molar-refractivity contribution >= 4 is 50.2 Å². The Bertz CT molecular complexity index is 2550. The van der Waals surface area contributed by atoms with Gasteiger partial charge in [0, 0.05) is 47.6 Å². The van der Waals surface area contributed by atoms with Gasteiger partial charge in [-0.1, -0.05) is 26.8 Å². The normalized spacial score (nSPS) is 12.1. The second kappa shape index (κ2) is 17.5. The molecular formula is C43H45F3N4O9S. The molecule has 2 amide bonds. The van der Waals surface area contributed by atoms with Crippen molar-refractivity contribution in [2.24, 2.45) is 5.41 Å². The van der Waals surface area contributed by atoms with Crippen molar-refractivity contribution in [3.63, 3.8) is 0 Å². The van der Waals surface area contributed by atoms with Crippen molar-refractivity contribution in [2.45, 2.75) is 59.2 Å². The zero-order chi connectivity index (χ0) is 44.2. The Morgan fingerprint density at radius 2 is 1.43 bits per heavy atom. The number of pyridine rings is 1. The van der Waals surface area contributed by atoms with Gasteiger partial charge in [0.25, 0.3) is 11.8 Å². The average molecular weight is 851 g/mol. The van der Waals surface area contributed by atoms with Crippen LogP contribution in [-0.2, 0) is 21.4 Å². The quantitative estimate of drug-likeness (QED) is 0.0588. The zero-order valence-electron chi connectivity index (χ0n) is 34.2. The highest BCUT2D eigenvalue weighted by molar-refractivity contribution is 7.88. The molecule has 1 heterocycles. The summed E-state index contributed by atoms with van der Waals surface area (Å²) in [7, 11) is -3.03. The van der Waals surface area contributed by atoms with Gasteiger partial charge in [0.2, 0.25) is 0 Å². The minimum Gasteiger partial charge on any atom is -0.497 e. The van der Waals surface area contributed by atoms with Crippen LogP contribution < -0.4 is 29.6 Å². The van der Waals surface area contributed by atoms with Gasteiger partial charge in [-0.25, -0.2) is 9.78 Å². The van der Waals surface area contributed by atoms with E-state index < -0.39 is 44.8 Å². The topological polar surface area (TPSA) is 171 Å². The summed E-state index contributed by atoms with van der Waals surface area (Å²) in [6.07, 6.45) is 1.56. The summed E-state index contributed by atoms with van der Waals surface area (Å²) < 4.78 is 84.9. The number of amides is 2. The largest absolute Gasteiger partial charge is 0.534 e. The fourth-order valence-electron chi connectivity index (χ4n) is 5.81. The number of rotatable bonds is 13. The van der Waals surface area contributed by atoms with Gasteiger partial charge in [-0.3, -0.25) is 9.59 Å². The van der Waals surface area contributed by atoms with E-state index in [9.17, 15) is 36.0 Å². The first kappa shape index (κ1) is 44.7. The van der Waals surface area contributed by atoms with Crippen LogP contribution in [0.15, 0.2) is 85.1 Å². The lowest BCUT2D eigenvalue weighted by molar-refractivity contribution is -0.0500. The van der Waals surface area contributed by atoms with Crippen LogP contribution in [-0.4, -0.2) is 63.1 Å². The maximum Gasteiger partial charge on any atom is 0.534 e. The molecule has 0 saturated carbocycles. The minimum absolute atomic E-state index is 0.0165. The smallest absolute Gasteiger partial charge is 0.497 e. The fourth-order valence-corrected chi connectivity index (χ4v) is 6.27. The molecule has 5 rings (SSSR count). The lowest BCUT2D eigenvalue weighted by Gasteiger charge is -2.22. The molecule has 13 nitrogen and oxygen atoms in total. The van der Waals surface area contributed by atoms with Crippen molar-refractivity contribution in [1.29, 1.82) is 0 Å². The monoisotopic (exact) mass is 850 g/mol. The Hall–Kier alpha value is -6.36. The number of anilines is 2. The zero-order valence-corrected chi connectivity index (χ0v) is 35.0. The van der Waals surface area contributed by atoms with E-state index in [-0.39, 0.29) is 38.9 Å². The third-order valence-corrected chi connectivity index (χ3v) is 9.64. The third kappa shape index (κ3) is 11.0. The molecule has 0 aliphatic carbocycles. The Morgan fingerprint density at radius 1 is 0.750 bits per heavy atom. The summed E-state index contributed by atoms with van der Waals surface area (Å²) in [6, 6.07) is 19.0. The first-order chi connectivity index (χ1) is 28.0. The van der Waals surface area contributed by atoms with Crippen molar-refractivity contribution in [3.05, 3.63) is 107 Å². The molecule has 0 radical (unpaired) electrons. The summed E-state index contributed by atoms with van der Waals surface area (Å²) in [5, 5.41) is 10.2. The van der Waals surface area contributed by atoms with Crippen LogP contribution in [0.25, 0.3) is 21.9 Å². The second-order valence-corrected chi connectivity index (χ2v) is 17.3. The minimum atomic E-state index is -6.14. The number of carbonyl (C=O) groups is 3. The van der Waals surface area contributed by atoms with E-state index in [0.717, 1.165) is 23.8 Å². The van der Waals surface area contributed by atoms with Crippen molar-refractivity contribution in [3.8, 4) is 28.4 Å². The molecule has 60 heavy (non-hydrogen) atoms. The lowest BCUT2D eigenvalue weighted by Crippen LogP contribution is -2.32. The highest BCUT2D eigenvalue weighted by atomic mass is 32.2. The van der Waals surface area contributed by atoms with Gasteiger partial charge in [0.1, 0.15) is 28.7 Å². The molecule has 17 heteroatoms. The number of benzene rings is 4. The maximum absolute atomic E-state index is 14.2. The molecule has 0 atom stereocenters. The predicted octanol–water partition coefficient (Wildman–Crippen LogP) is 8.74. The summed E-state index contributed by atoms with van der Waals surface area (Å²) >= 11 is 0. The number of methoxy groups -OCH3 is 2. The van der Waals surface area contributed by atoms with E-state index in [0.29, 0.717) is 41.2 Å². The van der Waals surface area contributed by atoms with Gasteiger partial charge < -0.3 is 34.3 Å². The molecule has 0 bridgehead atoms. The average Bonchev–Trinajstić information content (AvgIpc) is 3.17. The van der Waals surface area contributed by atoms with Crippen molar-refractivity contribution in [2.75, 3.05) is 31.4 Å². The van der Waals surface area contributed by atoms with Crippen LogP contribution in [0.1, 0.15) is 78.2 Å². The summed E-state index contributed by atoms with van der Waals surface area (Å²) in [4.78, 5) is 45.6. The Kier molecular flexibility index (Phi) is 13.0. The van der Waals surface area contributed by atoms with E-state index in [4.69, 9.17) is 14.2 Å². The standard InChI is InChI=1S/C43H45F3N4O9S/c1-41(2,3)24-49-38(51)26-10-14-33(35(20-26)40(53)58-42(4,5)6)32-16-13-30(59-60(54,55)43(44,45)46)21-34(32)39(52)50-28-11-15-31-25(19-28)17-18-47-37(31)48-23-27-9-12-29(56-7)22-36(27)57-8/h9-22H,23-24H2,1-8H3,(H,47,48)(H,49,51)(H,50,52). The number of fused-ring (bicyclic) bond motifs is 1. The number of alkyl halides is 3. The number of ether oxygens (including phenoxy) is 3. The molecule has 0 aliphatic heterocycles. The molecule has 4 aromatic carbocycles. The molecule has 1 aromatic heterocycles. The Morgan fingerprint density at radius 3 is 2.08 bits per heavy atom. The van der Waals surface area contributed by atoms with Gasteiger partial charge in [-0.15, -0.1) is 0 Å². The summed E-state index contributed by atoms with van der Waals surface area (Å²) in [6.45, 7) is 11.3. The number of hydrogen-bond acceptors (Lipinski definition) is 11. The van der Waals surface area contributed by atoms with Crippen molar-refractivity contribution in [1.82, 2.24) is 10.3 Å². The number of nitrogens with zero attached hydrogens (tertiary/aromatic N) is 1. The van der Waals surface area contributed by atoms with Crippen LogP contribution in [0.2, 0.25) is 0 Å². The van der Waals surface area contributed by atoms with E-state index >= 15 is 0 Å². The summed E-state index contributed by atoms with van der Waals surface area (Å²) in [5.41, 5.74) is -6.33. The molecular weight excluding hydrogens is 806 g/mol. The molecule has 318 valence electrons.